The molecule has 2 aromatic carbocycles. The van der Waals surface area contributed by atoms with Gasteiger partial charge in [-0.25, -0.2) is 19.2 Å². The van der Waals surface area contributed by atoms with Crippen molar-refractivity contribution in [2.24, 2.45) is 11.7 Å². The molecule has 2 aliphatic heterocycles. The first-order valence-electron chi connectivity index (χ1n) is 13.4. The number of ether oxygens (including phenoxy) is 3. The highest BCUT2D eigenvalue weighted by Crippen LogP contribution is 2.32. The van der Waals surface area contributed by atoms with Gasteiger partial charge < -0.3 is 29.7 Å². The number of halogens is 1. The van der Waals surface area contributed by atoms with Gasteiger partial charge in [-0.2, -0.15) is 0 Å². The van der Waals surface area contributed by atoms with Crippen molar-refractivity contribution >= 4 is 29.5 Å². The van der Waals surface area contributed by atoms with Gasteiger partial charge in [-0.3, -0.25) is 14.5 Å². The third kappa shape index (κ3) is 5.49. The number of carbonyl (C=O) groups excluding carboxylic acids is 3. The van der Waals surface area contributed by atoms with Crippen LogP contribution in [0.2, 0.25) is 0 Å². The van der Waals surface area contributed by atoms with Crippen molar-refractivity contribution in [2.75, 3.05) is 56.7 Å². The second-order valence-corrected chi connectivity index (χ2v) is 9.98. The molecule has 3 amide bonds. The standard InChI is InChI=1S/C29H31FN6O6/c1-17(26(31)37)24-16-36(29(39)42-24)19-7-8-20(21(30)13-19)18-14-32-28(33-15-18)35-11-9-34(10-12-35)27(38)25-22(40-2)5-4-6-23(25)41-3/h4-8,13-15,17,24H,9-12,16H2,1-3H3,(H2,31,37). The van der Waals surface area contributed by atoms with Crippen LogP contribution in [0.15, 0.2) is 48.8 Å². The van der Waals surface area contributed by atoms with Crippen LogP contribution in [0.25, 0.3) is 11.1 Å². The maximum Gasteiger partial charge on any atom is 0.414 e. The van der Waals surface area contributed by atoms with Crippen molar-refractivity contribution < 1.29 is 33.0 Å². The highest BCUT2D eigenvalue weighted by atomic mass is 19.1. The normalized spacial score (nSPS) is 17.6. The summed E-state index contributed by atoms with van der Waals surface area (Å²) >= 11 is 0. The van der Waals surface area contributed by atoms with Gasteiger partial charge in [0.15, 0.2) is 0 Å². The summed E-state index contributed by atoms with van der Waals surface area (Å²) in [5.41, 5.74) is 6.73. The lowest BCUT2D eigenvalue weighted by atomic mass is 10.0. The average molecular weight is 579 g/mol. The fourth-order valence-corrected chi connectivity index (χ4v) is 5.00. The number of aromatic nitrogens is 2. The van der Waals surface area contributed by atoms with E-state index in [9.17, 15) is 14.4 Å². The number of cyclic esters (lactones) is 1. The Bertz CT molecular complexity index is 1470. The van der Waals surface area contributed by atoms with E-state index >= 15 is 4.39 Å². The van der Waals surface area contributed by atoms with E-state index in [2.05, 4.69) is 9.97 Å². The minimum absolute atomic E-state index is 0.0881. The molecule has 1 aromatic heterocycles. The highest BCUT2D eigenvalue weighted by Gasteiger charge is 2.38. The summed E-state index contributed by atoms with van der Waals surface area (Å²) in [6.07, 6.45) is 1.69. The van der Waals surface area contributed by atoms with Crippen LogP contribution in [0.4, 0.5) is 20.8 Å². The Balaban J connectivity index is 1.23. The number of benzene rings is 2. The van der Waals surface area contributed by atoms with E-state index in [0.717, 1.165) is 0 Å². The summed E-state index contributed by atoms with van der Waals surface area (Å²) in [5, 5.41) is 0. The van der Waals surface area contributed by atoms with Crippen LogP contribution in [-0.4, -0.2) is 85.8 Å². The summed E-state index contributed by atoms with van der Waals surface area (Å²) in [7, 11) is 3.02. The molecule has 0 bridgehead atoms. The van der Waals surface area contributed by atoms with Gasteiger partial charge in [-0.1, -0.05) is 6.07 Å². The molecule has 0 aliphatic carbocycles. The molecule has 13 heteroatoms. The summed E-state index contributed by atoms with van der Waals surface area (Å²) in [5.74, 6) is -0.638. The van der Waals surface area contributed by atoms with Crippen LogP contribution in [0.1, 0.15) is 17.3 Å². The summed E-state index contributed by atoms with van der Waals surface area (Å²) in [4.78, 5) is 50.9. The van der Waals surface area contributed by atoms with Gasteiger partial charge >= 0.3 is 6.09 Å². The Hall–Kier alpha value is -4.94. The molecule has 2 unspecified atom stereocenters. The molecule has 3 heterocycles. The topological polar surface area (TPSA) is 140 Å². The number of nitrogens with two attached hydrogens (primary N) is 1. The van der Waals surface area contributed by atoms with Crippen molar-refractivity contribution in [2.45, 2.75) is 13.0 Å². The molecular weight excluding hydrogens is 547 g/mol. The fraction of sp³-hybridized carbons (Fsp3) is 0.345. The van der Waals surface area contributed by atoms with Crippen molar-refractivity contribution in [3.63, 3.8) is 0 Å². The molecule has 42 heavy (non-hydrogen) atoms. The Morgan fingerprint density at radius 3 is 2.26 bits per heavy atom. The lowest BCUT2D eigenvalue weighted by molar-refractivity contribution is -0.123. The number of methoxy groups -OCH3 is 2. The monoisotopic (exact) mass is 578 g/mol. The number of nitrogens with zero attached hydrogens (tertiary/aromatic N) is 5. The van der Waals surface area contributed by atoms with Gasteiger partial charge in [0.25, 0.3) is 5.91 Å². The first-order chi connectivity index (χ1) is 20.2. The molecule has 220 valence electrons. The molecule has 3 aromatic rings. The molecule has 2 N–H and O–H groups in total. The second-order valence-electron chi connectivity index (χ2n) is 9.98. The van der Waals surface area contributed by atoms with E-state index in [0.29, 0.717) is 60.4 Å². The zero-order valence-electron chi connectivity index (χ0n) is 23.4. The molecule has 2 atom stereocenters. The molecule has 2 fully saturated rings. The zero-order chi connectivity index (χ0) is 30.0. The van der Waals surface area contributed by atoms with E-state index in [4.69, 9.17) is 19.9 Å². The van der Waals surface area contributed by atoms with Crippen LogP contribution in [0.3, 0.4) is 0 Å². The minimum Gasteiger partial charge on any atom is -0.496 e. The summed E-state index contributed by atoms with van der Waals surface area (Å²) in [6, 6.07) is 9.57. The van der Waals surface area contributed by atoms with Crippen LogP contribution < -0.4 is 25.0 Å². The Kier molecular flexibility index (Phi) is 8.09. The van der Waals surface area contributed by atoms with Gasteiger partial charge in [0.05, 0.1) is 32.4 Å². The molecule has 5 rings (SSSR count). The third-order valence-electron chi connectivity index (χ3n) is 7.55. The zero-order valence-corrected chi connectivity index (χ0v) is 23.4. The van der Waals surface area contributed by atoms with Crippen LogP contribution >= 0.6 is 0 Å². The van der Waals surface area contributed by atoms with E-state index in [1.807, 2.05) is 4.90 Å². The third-order valence-corrected chi connectivity index (χ3v) is 7.55. The van der Waals surface area contributed by atoms with E-state index in [-0.39, 0.29) is 18.0 Å². The quantitative estimate of drug-likeness (QED) is 0.427. The number of hydrogen-bond acceptors (Lipinski definition) is 9. The van der Waals surface area contributed by atoms with Crippen molar-refractivity contribution in [3.8, 4) is 22.6 Å². The van der Waals surface area contributed by atoms with Crippen molar-refractivity contribution in [1.82, 2.24) is 14.9 Å². The number of rotatable bonds is 8. The van der Waals surface area contributed by atoms with E-state index in [1.54, 1.807) is 36.1 Å². The number of hydrogen-bond donors (Lipinski definition) is 1. The van der Waals surface area contributed by atoms with Crippen molar-refractivity contribution in [3.05, 3.63) is 60.2 Å². The first-order valence-corrected chi connectivity index (χ1v) is 13.4. The van der Waals surface area contributed by atoms with Gasteiger partial charge in [0, 0.05) is 49.7 Å². The first kappa shape index (κ1) is 28.6. The van der Waals surface area contributed by atoms with Gasteiger partial charge in [-0.05, 0) is 37.3 Å². The van der Waals surface area contributed by atoms with Gasteiger partial charge in [0.2, 0.25) is 11.9 Å². The Morgan fingerprint density at radius 1 is 1.05 bits per heavy atom. The highest BCUT2D eigenvalue weighted by molar-refractivity contribution is 6.00. The maximum atomic E-state index is 15.1. The molecule has 0 saturated carbocycles. The Morgan fingerprint density at radius 2 is 1.69 bits per heavy atom. The largest absolute Gasteiger partial charge is 0.496 e. The predicted octanol–water partition coefficient (Wildman–Crippen LogP) is 2.71. The predicted molar refractivity (Wildman–Crippen MR) is 151 cm³/mol. The lowest BCUT2D eigenvalue weighted by Crippen LogP contribution is -2.49. The second kappa shape index (κ2) is 11.9. The average Bonchev–Trinajstić information content (AvgIpc) is 3.41. The Labute approximate surface area is 241 Å². The number of anilines is 2. The summed E-state index contributed by atoms with van der Waals surface area (Å²) < 4.78 is 31.2. The fourth-order valence-electron chi connectivity index (χ4n) is 5.00. The lowest BCUT2D eigenvalue weighted by Gasteiger charge is -2.35. The number of carbonyl (C=O) groups is 3. The van der Waals surface area contributed by atoms with E-state index in [1.165, 1.54) is 43.6 Å². The molecule has 2 saturated heterocycles. The molecule has 0 spiro atoms. The number of piperazine rings is 1. The molecule has 2 aliphatic rings. The molecule has 0 radical (unpaired) electrons. The molecule has 12 nitrogen and oxygen atoms in total. The van der Waals surface area contributed by atoms with Crippen LogP contribution in [-0.2, 0) is 9.53 Å². The molecular formula is C29H31FN6O6. The van der Waals surface area contributed by atoms with Gasteiger partial charge in [-0.15, -0.1) is 0 Å². The van der Waals surface area contributed by atoms with Crippen LogP contribution in [0, 0.1) is 11.7 Å². The SMILES string of the molecule is COc1cccc(OC)c1C(=O)N1CCN(c2ncc(-c3ccc(N4CC(C(C)C(N)=O)OC4=O)cc3F)cn2)CC1. The maximum absolute atomic E-state index is 15.1. The smallest absolute Gasteiger partial charge is 0.414 e. The van der Waals surface area contributed by atoms with Crippen molar-refractivity contribution in [1.29, 1.82) is 0 Å². The van der Waals surface area contributed by atoms with Crippen LogP contribution in [0.5, 0.6) is 11.5 Å². The van der Waals surface area contributed by atoms with E-state index < -0.39 is 29.8 Å². The number of primary amides is 1. The minimum atomic E-state index is -0.706. The number of amides is 3. The summed E-state index contributed by atoms with van der Waals surface area (Å²) in [6.45, 7) is 3.57. The van der Waals surface area contributed by atoms with Gasteiger partial charge in [0.1, 0.15) is 29.0 Å².